The molecule has 1 aliphatic heterocycles. The van der Waals surface area contributed by atoms with Gasteiger partial charge in [0, 0.05) is 5.56 Å². The van der Waals surface area contributed by atoms with E-state index in [1.165, 1.54) is 0 Å². The standard InChI is InChI=1S/C39H37NO6/c41-33(27-45-39(30-20-10-3-11-21-30,31-22-12-4-13-23-31)32-24-14-5-15-25-32)35-36(44-26-28-16-6-1-7-17-28)34(38(43)46-35)40-37(42)29-18-8-2-9-19-29/h1-25,33-36,38,41,43H,26-27H2,(H,40,42). The molecule has 1 amide bonds. The summed E-state index contributed by atoms with van der Waals surface area (Å²) < 4.78 is 19.1. The number of rotatable bonds is 12. The molecule has 46 heavy (non-hydrogen) atoms. The molecule has 234 valence electrons. The van der Waals surface area contributed by atoms with E-state index in [0.717, 1.165) is 22.3 Å². The lowest BCUT2D eigenvalue weighted by Crippen LogP contribution is -2.51. The molecule has 0 bridgehead atoms. The van der Waals surface area contributed by atoms with Gasteiger partial charge >= 0.3 is 0 Å². The van der Waals surface area contributed by atoms with Crippen LogP contribution in [-0.4, -0.2) is 53.4 Å². The summed E-state index contributed by atoms with van der Waals surface area (Å²) >= 11 is 0. The molecule has 0 saturated carbocycles. The lowest BCUT2D eigenvalue weighted by atomic mass is 9.80. The van der Waals surface area contributed by atoms with Crippen LogP contribution in [0.15, 0.2) is 152 Å². The number of aliphatic hydroxyl groups is 2. The second-order valence-electron chi connectivity index (χ2n) is 11.3. The summed E-state index contributed by atoms with van der Waals surface area (Å²) in [6.07, 6.45) is -4.55. The highest BCUT2D eigenvalue weighted by molar-refractivity contribution is 5.94. The topological polar surface area (TPSA) is 97.3 Å². The first-order chi connectivity index (χ1) is 22.6. The highest BCUT2D eigenvalue weighted by atomic mass is 16.6. The molecule has 0 aromatic heterocycles. The van der Waals surface area contributed by atoms with Gasteiger partial charge in [0.2, 0.25) is 0 Å². The van der Waals surface area contributed by atoms with Crippen LogP contribution in [0.25, 0.3) is 0 Å². The lowest BCUT2D eigenvalue weighted by molar-refractivity contribution is -0.156. The van der Waals surface area contributed by atoms with Gasteiger partial charge in [-0.2, -0.15) is 0 Å². The molecule has 0 radical (unpaired) electrons. The maximum absolute atomic E-state index is 13.1. The molecule has 3 N–H and O–H groups in total. The summed E-state index contributed by atoms with van der Waals surface area (Å²) in [4.78, 5) is 13.1. The minimum atomic E-state index is -1.42. The fraction of sp³-hybridized carbons (Fsp3) is 0.205. The van der Waals surface area contributed by atoms with Crippen LogP contribution < -0.4 is 5.32 Å². The van der Waals surface area contributed by atoms with Crippen molar-refractivity contribution in [2.24, 2.45) is 0 Å². The first-order valence-electron chi connectivity index (χ1n) is 15.4. The van der Waals surface area contributed by atoms with Crippen molar-refractivity contribution in [3.8, 4) is 0 Å². The van der Waals surface area contributed by atoms with Crippen LogP contribution in [0.5, 0.6) is 0 Å². The van der Waals surface area contributed by atoms with Gasteiger partial charge < -0.3 is 29.7 Å². The number of hydrogen-bond acceptors (Lipinski definition) is 6. The Balaban J connectivity index is 1.30. The van der Waals surface area contributed by atoms with E-state index in [1.54, 1.807) is 24.3 Å². The summed E-state index contributed by atoms with van der Waals surface area (Å²) in [5.74, 6) is -0.385. The van der Waals surface area contributed by atoms with E-state index in [2.05, 4.69) is 5.32 Å². The third-order valence-corrected chi connectivity index (χ3v) is 8.29. The van der Waals surface area contributed by atoms with Gasteiger partial charge in [0.15, 0.2) is 6.29 Å². The summed E-state index contributed by atoms with van der Waals surface area (Å²) in [6.45, 7) is 0.0198. The minimum Gasteiger partial charge on any atom is -0.388 e. The Morgan fingerprint density at radius 2 is 1.17 bits per heavy atom. The van der Waals surface area contributed by atoms with Gasteiger partial charge in [-0.1, -0.05) is 140 Å². The molecule has 0 aliphatic carbocycles. The first kappa shape index (κ1) is 31.4. The normalized spacial score (nSPS) is 20.2. The number of carbonyl (C=O) groups excluding carboxylic acids is 1. The molecule has 5 unspecified atom stereocenters. The quantitative estimate of drug-likeness (QED) is 0.162. The van der Waals surface area contributed by atoms with Crippen molar-refractivity contribution in [1.82, 2.24) is 5.32 Å². The van der Waals surface area contributed by atoms with Crippen molar-refractivity contribution < 1.29 is 29.2 Å². The Bertz CT molecular complexity index is 1560. The Morgan fingerprint density at radius 3 is 1.67 bits per heavy atom. The van der Waals surface area contributed by atoms with Gasteiger partial charge in [-0.15, -0.1) is 0 Å². The molecule has 7 heteroatoms. The number of ether oxygens (including phenoxy) is 3. The number of benzene rings is 5. The van der Waals surface area contributed by atoms with E-state index in [0.29, 0.717) is 5.56 Å². The van der Waals surface area contributed by atoms with Crippen LogP contribution in [0.1, 0.15) is 32.6 Å². The molecular weight excluding hydrogens is 578 g/mol. The summed E-state index contributed by atoms with van der Waals surface area (Å²) in [5, 5.41) is 25.7. The van der Waals surface area contributed by atoms with E-state index in [9.17, 15) is 15.0 Å². The van der Waals surface area contributed by atoms with E-state index in [-0.39, 0.29) is 19.1 Å². The van der Waals surface area contributed by atoms with Crippen LogP contribution in [0.3, 0.4) is 0 Å². The Hall–Kier alpha value is -4.63. The highest BCUT2D eigenvalue weighted by Crippen LogP contribution is 2.41. The van der Waals surface area contributed by atoms with Crippen molar-refractivity contribution >= 4 is 5.91 Å². The average molecular weight is 616 g/mol. The van der Waals surface area contributed by atoms with Crippen LogP contribution in [-0.2, 0) is 26.4 Å². The summed E-state index contributed by atoms with van der Waals surface area (Å²) in [6, 6.07) is 47.0. The molecule has 5 atom stereocenters. The molecule has 1 fully saturated rings. The maximum Gasteiger partial charge on any atom is 0.251 e. The molecular formula is C39H37NO6. The molecule has 1 saturated heterocycles. The fourth-order valence-corrected chi connectivity index (χ4v) is 6.02. The van der Waals surface area contributed by atoms with Gasteiger partial charge in [0.05, 0.1) is 13.2 Å². The Labute approximate surface area is 269 Å². The van der Waals surface area contributed by atoms with E-state index in [4.69, 9.17) is 14.2 Å². The molecule has 1 heterocycles. The largest absolute Gasteiger partial charge is 0.388 e. The van der Waals surface area contributed by atoms with E-state index in [1.807, 2.05) is 127 Å². The minimum absolute atomic E-state index is 0.166. The first-order valence-corrected chi connectivity index (χ1v) is 15.4. The van der Waals surface area contributed by atoms with Crippen molar-refractivity contribution in [1.29, 1.82) is 0 Å². The number of aliphatic hydroxyl groups excluding tert-OH is 2. The lowest BCUT2D eigenvalue weighted by Gasteiger charge is -2.37. The summed E-state index contributed by atoms with van der Waals surface area (Å²) in [7, 11) is 0. The van der Waals surface area contributed by atoms with Crippen molar-refractivity contribution in [3.63, 3.8) is 0 Å². The number of hydrogen-bond donors (Lipinski definition) is 3. The zero-order chi connectivity index (χ0) is 31.8. The molecule has 1 aliphatic rings. The highest BCUT2D eigenvalue weighted by Gasteiger charge is 2.49. The van der Waals surface area contributed by atoms with E-state index < -0.39 is 36.2 Å². The maximum atomic E-state index is 13.1. The number of amides is 1. The Morgan fingerprint density at radius 1 is 0.717 bits per heavy atom. The third-order valence-electron chi connectivity index (χ3n) is 8.29. The predicted octanol–water partition coefficient (Wildman–Crippen LogP) is 5.46. The third kappa shape index (κ3) is 6.79. The number of carbonyl (C=O) groups is 1. The van der Waals surface area contributed by atoms with Crippen molar-refractivity contribution in [3.05, 3.63) is 179 Å². The second kappa shape index (κ2) is 14.6. The van der Waals surface area contributed by atoms with E-state index >= 15 is 0 Å². The van der Waals surface area contributed by atoms with Crippen molar-refractivity contribution in [2.45, 2.75) is 42.9 Å². The van der Waals surface area contributed by atoms with Crippen LogP contribution >= 0.6 is 0 Å². The monoisotopic (exact) mass is 615 g/mol. The SMILES string of the molecule is O=C(NC1C(O)OC(C(O)COC(c2ccccc2)(c2ccccc2)c2ccccc2)C1OCc1ccccc1)c1ccccc1. The Kier molecular flexibility index (Phi) is 9.98. The van der Waals surface area contributed by atoms with Gasteiger partial charge in [0.25, 0.3) is 5.91 Å². The van der Waals surface area contributed by atoms with Crippen LogP contribution in [0.2, 0.25) is 0 Å². The van der Waals surface area contributed by atoms with Gasteiger partial charge in [-0.25, -0.2) is 0 Å². The van der Waals surface area contributed by atoms with Crippen molar-refractivity contribution in [2.75, 3.05) is 6.61 Å². The second-order valence-corrected chi connectivity index (χ2v) is 11.3. The fourth-order valence-electron chi connectivity index (χ4n) is 6.02. The smallest absolute Gasteiger partial charge is 0.251 e. The number of nitrogens with one attached hydrogen (secondary N) is 1. The summed E-state index contributed by atoms with van der Waals surface area (Å²) in [5.41, 5.74) is 2.93. The molecule has 6 rings (SSSR count). The van der Waals surface area contributed by atoms with Gasteiger partial charge in [-0.3, -0.25) is 4.79 Å². The zero-order valence-electron chi connectivity index (χ0n) is 25.3. The molecule has 7 nitrogen and oxygen atoms in total. The molecule has 0 spiro atoms. The molecule has 5 aromatic carbocycles. The van der Waals surface area contributed by atoms with Crippen LogP contribution in [0.4, 0.5) is 0 Å². The predicted molar refractivity (Wildman–Crippen MR) is 175 cm³/mol. The van der Waals surface area contributed by atoms with Gasteiger partial charge in [0.1, 0.15) is 30.0 Å². The van der Waals surface area contributed by atoms with Crippen LogP contribution in [0, 0.1) is 0 Å². The van der Waals surface area contributed by atoms with Gasteiger partial charge in [-0.05, 0) is 34.4 Å². The average Bonchev–Trinajstić information content (AvgIpc) is 3.43. The zero-order valence-corrected chi connectivity index (χ0v) is 25.3. The molecule has 5 aromatic rings.